The molecule has 5 nitrogen and oxygen atoms in total. The third-order valence-electron chi connectivity index (χ3n) is 3.84. The van der Waals surface area contributed by atoms with Crippen LogP contribution in [0, 0.1) is 12.8 Å². The first kappa shape index (κ1) is 15.4. The largest absolute Gasteiger partial charge is 0.394 e. The highest BCUT2D eigenvalue weighted by atomic mass is 32.2. The van der Waals surface area contributed by atoms with E-state index in [9.17, 15) is 0 Å². The van der Waals surface area contributed by atoms with Crippen LogP contribution in [0.15, 0.2) is 5.16 Å². The highest BCUT2D eigenvalue weighted by molar-refractivity contribution is 7.99. The first-order chi connectivity index (χ1) is 9.52. The summed E-state index contributed by atoms with van der Waals surface area (Å²) in [6.07, 6.45) is 4.53. The van der Waals surface area contributed by atoms with Crippen LogP contribution in [0.1, 0.15) is 45.2 Å². The first-order valence-corrected chi connectivity index (χ1v) is 8.32. The second kappa shape index (κ2) is 6.63. The molecule has 1 aromatic heterocycles. The minimum atomic E-state index is 0.339. The summed E-state index contributed by atoms with van der Waals surface area (Å²) in [6, 6.07) is 0.339. The van der Waals surface area contributed by atoms with Crippen molar-refractivity contribution in [2.45, 2.75) is 57.7 Å². The topological polar surface area (TPSA) is 81.1 Å². The van der Waals surface area contributed by atoms with Gasteiger partial charge in [-0.1, -0.05) is 25.6 Å². The third-order valence-corrected chi connectivity index (χ3v) is 4.89. The Kier molecular flexibility index (Phi) is 5.10. The molecule has 0 bridgehead atoms. The molecule has 1 aliphatic rings. The van der Waals surface area contributed by atoms with E-state index < -0.39 is 0 Å². The number of nitrogen functional groups attached to an aromatic ring is 1. The predicted molar refractivity (Wildman–Crippen MR) is 85.7 cm³/mol. The van der Waals surface area contributed by atoms with Gasteiger partial charge in [0.1, 0.15) is 0 Å². The summed E-state index contributed by atoms with van der Waals surface area (Å²) in [5.41, 5.74) is 7.55. The van der Waals surface area contributed by atoms with E-state index in [1.54, 1.807) is 16.8 Å². The number of nitrogens with two attached hydrogens (primary N) is 2. The Labute approximate surface area is 125 Å². The normalized spacial score (nSPS) is 22.2. The second-order valence-corrected chi connectivity index (χ2v) is 6.72. The van der Waals surface area contributed by atoms with Crippen molar-refractivity contribution in [1.29, 1.82) is 0 Å². The van der Waals surface area contributed by atoms with Crippen LogP contribution in [0.2, 0.25) is 0 Å². The zero-order valence-corrected chi connectivity index (χ0v) is 13.4. The van der Waals surface area contributed by atoms with E-state index in [0.717, 1.165) is 41.8 Å². The first-order valence-electron chi connectivity index (χ1n) is 7.33. The van der Waals surface area contributed by atoms with Crippen LogP contribution in [0.3, 0.4) is 0 Å². The Morgan fingerprint density at radius 2 is 2.10 bits per heavy atom. The van der Waals surface area contributed by atoms with Gasteiger partial charge in [0.25, 0.3) is 0 Å². The van der Waals surface area contributed by atoms with E-state index in [4.69, 9.17) is 11.6 Å². The van der Waals surface area contributed by atoms with Crippen molar-refractivity contribution in [1.82, 2.24) is 9.97 Å². The van der Waals surface area contributed by atoms with Gasteiger partial charge in [-0.15, -0.1) is 0 Å². The molecule has 0 radical (unpaired) electrons. The van der Waals surface area contributed by atoms with Crippen molar-refractivity contribution < 1.29 is 0 Å². The molecular formula is C14H25N5S. The van der Waals surface area contributed by atoms with Crippen molar-refractivity contribution in [3.05, 3.63) is 5.69 Å². The molecule has 6 heteroatoms. The van der Waals surface area contributed by atoms with Gasteiger partial charge in [-0.05, 0) is 38.5 Å². The Balaban J connectivity index is 2.22. The molecule has 1 aromatic rings. The molecule has 20 heavy (non-hydrogen) atoms. The zero-order chi connectivity index (χ0) is 14.7. The van der Waals surface area contributed by atoms with Crippen molar-refractivity contribution >= 4 is 23.3 Å². The number of hydrogen-bond donors (Lipinski definition) is 2. The summed E-state index contributed by atoms with van der Waals surface area (Å²) in [6.45, 7) is 6.33. The van der Waals surface area contributed by atoms with Gasteiger partial charge in [-0.3, -0.25) is 5.01 Å². The summed E-state index contributed by atoms with van der Waals surface area (Å²) >= 11 is 1.66. The summed E-state index contributed by atoms with van der Waals surface area (Å²) in [7, 11) is 0. The van der Waals surface area contributed by atoms with E-state index in [1.807, 2.05) is 6.92 Å². The molecule has 4 N–H and O–H groups in total. The number of hydrogen-bond acceptors (Lipinski definition) is 6. The molecule has 112 valence electrons. The van der Waals surface area contributed by atoms with Crippen LogP contribution in [0.4, 0.5) is 11.5 Å². The van der Waals surface area contributed by atoms with Crippen LogP contribution in [0.5, 0.6) is 0 Å². The maximum Gasteiger partial charge on any atom is 0.189 e. The van der Waals surface area contributed by atoms with Gasteiger partial charge in [0.05, 0.1) is 11.4 Å². The fraction of sp³-hybridized carbons (Fsp3) is 0.714. The van der Waals surface area contributed by atoms with Crippen molar-refractivity contribution in [2.75, 3.05) is 16.5 Å². The van der Waals surface area contributed by atoms with E-state index in [-0.39, 0.29) is 0 Å². The smallest absolute Gasteiger partial charge is 0.189 e. The molecule has 0 aromatic carbocycles. The van der Waals surface area contributed by atoms with E-state index in [2.05, 4.69) is 23.8 Å². The summed E-state index contributed by atoms with van der Waals surface area (Å²) in [5, 5.41) is 2.54. The van der Waals surface area contributed by atoms with Gasteiger partial charge in [0, 0.05) is 11.8 Å². The number of aromatic nitrogens is 2. The van der Waals surface area contributed by atoms with Crippen LogP contribution < -0.4 is 16.6 Å². The highest BCUT2D eigenvalue weighted by Gasteiger charge is 2.28. The number of anilines is 2. The number of thioether (sulfide) groups is 1. The molecule has 2 atom stereocenters. The number of hydrazine groups is 1. The van der Waals surface area contributed by atoms with Gasteiger partial charge >= 0.3 is 0 Å². The minimum Gasteiger partial charge on any atom is -0.394 e. The fourth-order valence-corrected chi connectivity index (χ4v) is 3.34. The Morgan fingerprint density at radius 3 is 2.70 bits per heavy atom. The quantitative estimate of drug-likeness (QED) is 0.376. The molecule has 1 aliphatic carbocycles. The van der Waals surface area contributed by atoms with Crippen LogP contribution in [-0.4, -0.2) is 21.8 Å². The third kappa shape index (κ3) is 3.35. The van der Waals surface area contributed by atoms with E-state index >= 15 is 0 Å². The zero-order valence-electron chi connectivity index (χ0n) is 12.6. The monoisotopic (exact) mass is 295 g/mol. The maximum atomic E-state index is 6.28. The molecule has 1 fully saturated rings. The van der Waals surface area contributed by atoms with E-state index in [0.29, 0.717) is 17.5 Å². The summed E-state index contributed by atoms with van der Waals surface area (Å²) in [5.74, 6) is 8.71. The summed E-state index contributed by atoms with van der Waals surface area (Å²) in [4.78, 5) is 9.01. The molecule has 0 unspecified atom stereocenters. The maximum absolute atomic E-state index is 6.28. The molecule has 1 heterocycles. The predicted octanol–water partition coefficient (Wildman–Crippen LogP) is 2.74. The minimum absolute atomic E-state index is 0.339. The Bertz CT molecular complexity index is 465. The molecule has 0 amide bonds. The van der Waals surface area contributed by atoms with Crippen LogP contribution in [-0.2, 0) is 0 Å². The standard InChI is InChI=1S/C14H25N5S/c1-4-7-20-14-17-10(3)12(15)13(18-14)19(16)11-6-5-9(2)8-11/h9,11H,4-8,15-16H2,1-3H3/t9-,11+/m1/s1. The lowest BCUT2D eigenvalue weighted by Crippen LogP contribution is -2.41. The highest BCUT2D eigenvalue weighted by Crippen LogP contribution is 2.33. The Hall–Kier alpha value is -1.01. The molecule has 1 saturated carbocycles. The lowest BCUT2D eigenvalue weighted by molar-refractivity contribution is 0.565. The van der Waals surface area contributed by atoms with Gasteiger partial charge < -0.3 is 5.73 Å². The number of nitrogens with zero attached hydrogens (tertiary/aromatic N) is 3. The molecule has 0 aliphatic heterocycles. The lowest BCUT2D eigenvalue weighted by Gasteiger charge is -2.26. The van der Waals surface area contributed by atoms with Crippen molar-refractivity contribution in [3.63, 3.8) is 0 Å². The SMILES string of the molecule is CCCSc1nc(C)c(N)c(N(N)[C@H]2CC[C@@H](C)C2)n1. The fourth-order valence-electron chi connectivity index (χ4n) is 2.60. The van der Waals surface area contributed by atoms with Gasteiger partial charge in [0.2, 0.25) is 0 Å². The Morgan fingerprint density at radius 1 is 1.35 bits per heavy atom. The van der Waals surface area contributed by atoms with Crippen molar-refractivity contribution in [3.8, 4) is 0 Å². The summed E-state index contributed by atoms with van der Waals surface area (Å²) < 4.78 is 0. The number of rotatable bonds is 5. The molecule has 0 saturated heterocycles. The lowest BCUT2D eigenvalue weighted by atomic mass is 10.1. The van der Waals surface area contributed by atoms with Gasteiger partial charge in [-0.2, -0.15) is 0 Å². The van der Waals surface area contributed by atoms with Gasteiger partial charge in [-0.25, -0.2) is 15.8 Å². The van der Waals surface area contributed by atoms with Gasteiger partial charge in [0.15, 0.2) is 11.0 Å². The van der Waals surface area contributed by atoms with Crippen LogP contribution in [0.25, 0.3) is 0 Å². The average molecular weight is 295 g/mol. The van der Waals surface area contributed by atoms with E-state index in [1.165, 1.54) is 6.42 Å². The average Bonchev–Trinajstić information content (AvgIpc) is 2.85. The van der Waals surface area contributed by atoms with Crippen molar-refractivity contribution in [2.24, 2.45) is 11.8 Å². The second-order valence-electron chi connectivity index (χ2n) is 5.66. The molecule has 0 spiro atoms. The molecular weight excluding hydrogens is 270 g/mol. The molecule has 2 rings (SSSR count). The van der Waals surface area contributed by atoms with Crippen LogP contribution >= 0.6 is 11.8 Å². The number of aryl methyl sites for hydroxylation is 1.